The van der Waals surface area contributed by atoms with Crippen LogP contribution >= 0.6 is 11.6 Å². The maximum Gasteiger partial charge on any atom is 0.427 e. The molecule has 1 N–H and O–H groups in total. The minimum absolute atomic E-state index is 0.284. The fraction of sp³-hybridized carbons (Fsp3) is 0.333. The Morgan fingerprint density at radius 3 is 2.39 bits per heavy atom. The number of nitrogens with zero attached hydrogens (tertiary/aromatic N) is 1. The molecule has 0 saturated carbocycles. The van der Waals surface area contributed by atoms with Gasteiger partial charge in [0.1, 0.15) is 0 Å². The molecule has 0 saturated heterocycles. The molecular weight excluding hydrogens is 256 g/mol. The van der Waals surface area contributed by atoms with Crippen molar-refractivity contribution in [3.05, 3.63) is 34.9 Å². The maximum absolute atomic E-state index is 11.1. The molecule has 0 heterocycles. The summed E-state index contributed by atoms with van der Waals surface area (Å²) in [4.78, 5) is 11.1. The standard InChI is InChI=1S/C12H15ClN2O3/c1-3-17-11(14-15-12(16)18-4-2)9-5-7-10(13)8-6-9/h5-8H,3-4H2,1-2H3,(H,15,16). The van der Waals surface area contributed by atoms with E-state index in [-0.39, 0.29) is 6.61 Å². The minimum atomic E-state index is -0.622. The molecular formula is C12H15ClN2O3. The third-order valence-electron chi connectivity index (χ3n) is 1.90. The summed E-state index contributed by atoms with van der Waals surface area (Å²) < 4.78 is 10.0. The van der Waals surface area contributed by atoms with Crippen molar-refractivity contribution in [2.75, 3.05) is 13.2 Å². The van der Waals surface area contributed by atoms with Crippen molar-refractivity contribution in [1.29, 1.82) is 0 Å². The van der Waals surface area contributed by atoms with Crippen molar-refractivity contribution in [1.82, 2.24) is 5.43 Å². The first-order chi connectivity index (χ1) is 8.67. The van der Waals surface area contributed by atoms with Gasteiger partial charge < -0.3 is 9.47 Å². The van der Waals surface area contributed by atoms with Gasteiger partial charge in [0.2, 0.25) is 5.90 Å². The molecule has 5 nitrogen and oxygen atoms in total. The number of carbonyl (C=O) groups is 1. The lowest BCUT2D eigenvalue weighted by molar-refractivity contribution is 0.152. The number of rotatable bonds is 4. The molecule has 1 aromatic rings. The predicted octanol–water partition coefficient (Wildman–Crippen LogP) is 2.78. The van der Waals surface area contributed by atoms with Crippen LogP contribution in [-0.4, -0.2) is 25.2 Å². The van der Waals surface area contributed by atoms with Gasteiger partial charge in [-0.2, -0.15) is 0 Å². The first kappa shape index (κ1) is 14.3. The minimum Gasteiger partial charge on any atom is -0.477 e. The van der Waals surface area contributed by atoms with E-state index in [9.17, 15) is 4.79 Å². The van der Waals surface area contributed by atoms with Gasteiger partial charge >= 0.3 is 6.09 Å². The summed E-state index contributed by atoms with van der Waals surface area (Å²) in [6, 6.07) is 6.94. The van der Waals surface area contributed by atoms with Crippen molar-refractivity contribution in [2.24, 2.45) is 5.10 Å². The van der Waals surface area contributed by atoms with Crippen molar-refractivity contribution in [3.8, 4) is 0 Å². The molecule has 1 rings (SSSR count). The highest BCUT2D eigenvalue weighted by Crippen LogP contribution is 2.10. The number of ether oxygens (including phenoxy) is 2. The number of hydrogen-bond donors (Lipinski definition) is 1. The summed E-state index contributed by atoms with van der Waals surface area (Å²) in [5, 5.41) is 4.48. The third kappa shape index (κ3) is 4.63. The molecule has 0 radical (unpaired) electrons. The smallest absolute Gasteiger partial charge is 0.427 e. The molecule has 0 fully saturated rings. The van der Waals surface area contributed by atoms with Crippen LogP contribution in [0, 0.1) is 0 Å². The maximum atomic E-state index is 11.1. The van der Waals surface area contributed by atoms with Gasteiger partial charge in [-0.15, -0.1) is 5.10 Å². The molecule has 18 heavy (non-hydrogen) atoms. The normalized spacial score (nSPS) is 10.9. The molecule has 1 amide bonds. The lowest BCUT2D eigenvalue weighted by Crippen LogP contribution is -2.22. The van der Waals surface area contributed by atoms with Crippen molar-refractivity contribution in [2.45, 2.75) is 13.8 Å². The lowest BCUT2D eigenvalue weighted by atomic mass is 10.2. The van der Waals surface area contributed by atoms with Crippen LogP contribution in [0.3, 0.4) is 0 Å². The van der Waals surface area contributed by atoms with Crippen LogP contribution in [0.2, 0.25) is 5.02 Å². The van der Waals surface area contributed by atoms with Gasteiger partial charge in [-0.1, -0.05) is 11.6 Å². The Bertz CT molecular complexity index is 418. The number of benzene rings is 1. The summed E-state index contributed by atoms with van der Waals surface area (Å²) in [5.74, 6) is 0.308. The number of nitrogens with one attached hydrogen (secondary N) is 1. The van der Waals surface area contributed by atoms with Gasteiger partial charge in [0.05, 0.1) is 13.2 Å². The Hall–Kier alpha value is -1.75. The number of hydrogen-bond acceptors (Lipinski definition) is 4. The Labute approximate surface area is 111 Å². The fourth-order valence-electron chi connectivity index (χ4n) is 1.17. The van der Waals surface area contributed by atoms with Crippen molar-refractivity contribution < 1.29 is 14.3 Å². The first-order valence-corrected chi connectivity index (χ1v) is 5.94. The highest BCUT2D eigenvalue weighted by molar-refractivity contribution is 6.30. The third-order valence-corrected chi connectivity index (χ3v) is 2.15. The predicted molar refractivity (Wildman–Crippen MR) is 69.8 cm³/mol. The SMILES string of the molecule is CCOC(=O)NN=C(OCC)c1ccc(Cl)cc1. The molecule has 0 spiro atoms. The van der Waals surface area contributed by atoms with Crippen LogP contribution in [0.4, 0.5) is 4.79 Å². The Balaban J connectivity index is 2.78. The lowest BCUT2D eigenvalue weighted by Gasteiger charge is -2.08. The molecule has 0 aromatic heterocycles. The average molecular weight is 271 g/mol. The Kier molecular flexibility index (Phi) is 6.00. The van der Waals surface area contributed by atoms with Crippen LogP contribution in [0.25, 0.3) is 0 Å². The number of halogens is 1. The second kappa shape index (κ2) is 7.55. The Morgan fingerprint density at radius 2 is 1.83 bits per heavy atom. The van der Waals surface area contributed by atoms with E-state index in [0.717, 1.165) is 5.56 Å². The van der Waals surface area contributed by atoms with E-state index in [4.69, 9.17) is 21.1 Å². The summed E-state index contributed by atoms with van der Waals surface area (Å²) >= 11 is 5.79. The van der Waals surface area contributed by atoms with Crippen LogP contribution in [0.1, 0.15) is 19.4 Å². The number of hydrazone groups is 1. The van der Waals surface area contributed by atoms with Gasteiger partial charge in [0.15, 0.2) is 0 Å². The van der Waals surface area contributed by atoms with E-state index in [1.54, 1.807) is 31.2 Å². The molecule has 6 heteroatoms. The van der Waals surface area contributed by atoms with Crippen LogP contribution in [-0.2, 0) is 9.47 Å². The Morgan fingerprint density at radius 1 is 1.22 bits per heavy atom. The largest absolute Gasteiger partial charge is 0.477 e. The van der Waals surface area contributed by atoms with Gasteiger partial charge in [-0.3, -0.25) is 0 Å². The molecule has 0 aliphatic heterocycles. The van der Waals surface area contributed by atoms with E-state index < -0.39 is 6.09 Å². The molecule has 0 aliphatic rings. The van der Waals surface area contributed by atoms with Gasteiger partial charge in [0.25, 0.3) is 0 Å². The molecule has 98 valence electrons. The molecule has 0 aliphatic carbocycles. The summed E-state index contributed by atoms with van der Waals surface area (Å²) in [6.45, 7) is 4.26. The van der Waals surface area contributed by atoms with E-state index in [0.29, 0.717) is 17.5 Å². The summed E-state index contributed by atoms with van der Waals surface area (Å²) in [5.41, 5.74) is 2.97. The first-order valence-electron chi connectivity index (χ1n) is 5.56. The average Bonchev–Trinajstić information content (AvgIpc) is 2.36. The highest BCUT2D eigenvalue weighted by atomic mass is 35.5. The van der Waals surface area contributed by atoms with E-state index >= 15 is 0 Å². The zero-order valence-corrected chi connectivity index (χ0v) is 11.0. The van der Waals surface area contributed by atoms with Crippen LogP contribution in [0.15, 0.2) is 29.4 Å². The second-order valence-corrected chi connectivity index (χ2v) is 3.63. The number of carbonyl (C=O) groups excluding carboxylic acids is 1. The monoisotopic (exact) mass is 270 g/mol. The van der Waals surface area contributed by atoms with Gasteiger partial charge in [-0.05, 0) is 38.1 Å². The quantitative estimate of drug-likeness (QED) is 0.520. The van der Waals surface area contributed by atoms with Crippen molar-refractivity contribution in [3.63, 3.8) is 0 Å². The van der Waals surface area contributed by atoms with Crippen LogP contribution < -0.4 is 5.43 Å². The molecule has 0 unspecified atom stereocenters. The van der Waals surface area contributed by atoms with Crippen LogP contribution in [0.5, 0.6) is 0 Å². The van der Waals surface area contributed by atoms with Gasteiger partial charge in [0, 0.05) is 10.6 Å². The highest BCUT2D eigenvalue weighted by Gasteiger charge is 2.06. The zero-order chi connectivity index (χ0) is 13.4. The zero-order valence-electron chi connectivity index (χ0n) is 10.3. The molecule has 0 atom stereocenters. The molecule has 1 aromatic carbocycles. The van der Waals surface area contributed by atoms with Crippen molar-refractivity contribution >= 4 is 23.6 Å². The van der Waals surface area contributed by atoms with E-state index in [1.165, 1.54) is 0 Å². The molecule has 0 bridgehead atoms. The van der Waals surface area contributed by atoms with E-state index in [1.807, 2.05) is 6.92 Å². The summed E-state index contributed by atoms with van der Waals surface area (Å²) in [6.07, 6.45) is -0.622. The fourth-order valence-corrected chi connectivity index (χ4v) is 1.30. The topological polar surface area (TPSA) is 59.9 Å². The van der Waals surface area contributed by atoms with Gasteiger partial charge in [-0.25, -0.2) is 10.2 Å². The number of amides is 1. The second-order valence-electron chi connectivity index (χ2n) is 3.19. The summed E-state index contributed by atoms with van der Waals surface area (Å²) in [7, 11) is 0. The van der Waals surface area contributed by atoms with E-state index in [2.05, 4.69) is 10.5 Å².